The van der Waals surface area contributed by atoms with Crippen LogP contribution in [0.5, 0.6) is 0 Å². The average molecular weight is 238 g/mol. The summed E-state index contributed by atoms with van der Waals surface area (Å²) >= 11 is 0. The van der Waals surface area contributed by atoms with Crippen molar-refractivity contribution >= 4 is 5.97 Å². The summed E-state index contributed by atoms with van der Waals surface area (Å²) in [6, 6.07) is 7.21. The molecule has 0 heterocycles. The van der Waals surface area contributed by atoms with Crippen LogP contribution in [0.15, 0.2) is 24.3 Å². The molecule has 0 atom stereocenters. The van der Waals surface area contributed by atoms with Crippen molar-refractivity contribution in [2.24, 2.45) is 0 Å². The lowest BCUT2D eigenvalue weighted by atomic mass is 10.1. The maximum Gasteiger partial charge on any atom is 0.338 e. The van der Waals surface area contributed by atoms with Crippen molar-refractivity contribution in [3.63, 3.8) is 0 Å². The molecule has 0 unspecified atom stereocenters. The Kier molecular flexibility index (Phi) is 6.29. The van der Waals surface area contributed by atoms with Gasteiger partial charge in [0.05, 0.1) is 18.8 Å². The highest BCUT2D eigenvalue weighted by atomic mass is 16.7. The first kappa shape index (κ1) is 13.7. The Morgan fingerprint density at radius 3 is 2.88 bits per heavy atom. The molecule has 17 heavy (non-hydrogen) atoms. The third-order valence-corrected chi connectivity index (χ3v) is 2.07. The molecule has 4 nitrogen and oxygen atoms in total. The molecule has 0 amide bonds. The van der Waals surface area contributed by atoms with Gasteiger partial charge < -0.3 is 14.2 Å². The minimum Gasteiger partial charge on any atom is -0.462 e. The Morgan fingerprint density at radius 2 is 2.18 bits per heavy atom. The van der Waals surface area contributed by atoms with Gasteiger partial charge in [0.2, 0.25) is 0 Å². The first-order valence-electron chi connectivity index (χ1n) is 5.60. The van der Waals surface area contributed by atoms with Crippen LogP contribution in [-0.4, -0.2) is 26.5 Å². The van der Waals surface area contributed by atoms with Crippen LogP contribution in [0.1, 0.15) is 29.3 Å². The Bertz CT molecular complexity index is 349. The molecular formula is C13H18O4. The molecule has 94 valence electrons. The first-order valence-corrected chi connectivity index (χ1v) is 5.60. The van der Waals surface area contributed by atoms with E-state index in [9.17, 15) is 4.79 Å². The smallest absolute Gasteiger partial charge is 0.338 e. The number of benzene rings is 1. The predicted molar refractivity (Wildman–Crippen MR) is 63.7 cm³/mol. The molecule has 4 heteroatoms. The van der Waals surface area contributed by atoms with Crippen LogP contribution >= 0.6 is 0 Å². The maximum absolute atomic E-state index is 11.6. The fraction of sp³-hybridized carbons (Fsp3) is 0.462. The van der Waals surface area contributed by atoms with Gasteiger partial charge in [-0.2, -0.15) is 0 Å². The molecule has 0 saturated carbocycles. The Morgan fingerprint density at radius 1 is 1.35 bits per heavy atom. The number of carbonyl (C=O) groups excluding carboxylic acids is 1. The molecule has 1 aromatic carbocycles. The van der Waals surface area contributed by atoms with E-state index in [0.29, 0.717) is 18.8 Å². The van der Waals surface area contributed by atoms with Crippen LogP contribution < -0.4 is 0 Å². The molecule has 0 saturated heterocycles. The lowest BCUT2D eigenvalue weighted by Gasteiger charge is -2.06. The van der Waals surface area contributed by atoms with Gasteiger partial charge in [-0.3, -0.25) is 0 Å². The summed E-state index contributed by atoms with van der Waals surface area (Å²) < 4.78 is 15.0. The summed E-state index contributed by atoms with van der Waals surface area (Å²) in [5.74, 6) is -0.291. The molecule has 0 radical (unpaired) electrons. The Labute approximate surface area is 101 Å². The van der Waals surface area contributed by atoms with Crippen LogP contribution in [0.4, 0.5) is 0 Å². The van der Waals surface area contributed by atoms with Gasteiger partial charge in [0.15, 0.2) is 0 Å². The SMILES string of the molecule is CCCOC(=O)c1cccc(COCOC)c1. The molecule has 0 aliphatic carbocycles. The van der Waals surface area contributed by atoms with Crippen LogP contribution in [0.25, 0.3) is 0 Å². The highest BCUT2D eigenvalue weighted by Crippen LogP contribution is 2.08. The molecule has 0 fully saturated rings. The first-order chi connectivity index (χ1) is 8.27. The minimum atomic E-state index is -0.291. The van der Waals surface area contributed by atoms with Gasteiger partial charge in [-0.15, -0.1) is 0 Å². The highest BCUT2D eigenvalue weighted by molar-refractivity contribution is 5.89. The summed E-state index contributed by atoms with van der Waals surface area (Å²) in [5.41, 5.74) is 1.48. The second-order valence-corrected chi connectivity index (χ2v) is 3.59. The third kappa shape index (κ3) is 4.97. The zero-order chi connectivity index (χ0) is 12.5. The fourth-order valence-corrected chi connectivity index (χ4v) is 1.31. The Hall–Kier alpha value is -1.39. The molecule has 0 aromatic heterocycles. The number of ether oxygens (including phenoxy) is 3. The van der Waals surface area contributed by atoms with E-state index < -0.39 is 0 Å². The van der Waals surface area contributed by atoms with E-state index in [2.05, 4.69) is 0 Å². The summed E-state index contributed by atoms with van der Waals surface area (Å²) in [4.78, 5) is 11.6. The van der Waals surface area contributed by atoms with Crippen molar-refractivity contribution in [1.29, 1.82) is 0 Å². The summed E-state index contributed by atoms with van der Waals surface area (Å²) in [5, 5.41) is 0. The van der Waals surface area contributed by atoms with Crippen molar-refractivity contribution < 1.29 is 19.0 Å². The van der Waals surface area contributed by atoms with Crippen molar-refractivity contribution in [3.05, 3.63) is 35.4 Å². The van der Waals surface area contributed by atoms with Crippen LogP contribution in [0.3, 0.4) is 0 Å². The summed E-state index contributed by atoms with van der Waals surface area (Å²) in [6.45, 7) is 3.07. The van der Waals surface area contributed by atoms with E-state index >= 15 is 0 Å². The van der Waals surface area contributed by atoms with Crippen molar-refractivity contribution in [1.82, 2.24) is 0 Å². The van der Waals surface area contributed by atoms with Crippen molar-refractivity contribution in [3.8, 4) is 0 Å². The molecular weight excluding hydrogens is 220 g/mol. The highest BCUT2D eigenvalue weighted by Gasteiger charge is 2.06. The largest absolute Gasteiger partial charge is 0.462 e. The maximum atomic E-state index is 11.6. The fourth-order valence-electron chi connectivity index (χ4n) is 1.31. The molecule has 1 rings (SSSR count). The van der Waals surface area contributed by atoms with Gasteiger partial charge in [-0.05, 0) is 24.1 Å². The second kappa shape index (κ2) is 7.81. The second-order valence-electron chi connectivity index (χ2n) is 3.59. The molecule has 0 aliphatic heterocycles. The van der Waals surface area contributed by atoms with Gasteiger partial charge in [-0.1, -0.05) is 19.1 Å². The van der Waals surface area contributed by atoms with Crippen LogP contribution in [0, 0.1) is 0 Å². The van der Waals surface area contributed by atoms with Crippen LogP contribution in [-0.2, 0) is 20.8 Å². The van der Waals surface area contributed by atoms with Gasteiger partial charge >= 0.3 is 5.97 Å². The van der Waals surface area contributed by atoms with Crippen molar-refractivity contribution in [2.45, 2.75) is 20.0 Å². The van der Waals surface area contributed by atoms with E-state index in [1.807, 2.05) is 19.1 Å². The van der Waals surface area contributed by atoms with Gasteiger partial charge in [0.1, 0.15) is 6.79 Å². The number of methoxy groups -OCH3 is 1. The van der Waals surface area contributed by atoms with Gasteiger partial charge in [-0.25, -0.2) is 4.79 Å². The van der Waals surface area contributed by atoms with E-state index in [4.69, 9.17) is 14.2 Å². The Balaban J connectivity index is 2.55. The normalized spacial score (nSPS) is 10.2. The predicted octanol–water partition coefficient (Wildman–Crippen LogP) is 2.37. The quantitative estimate of drug-likeness (QED) is 0.415. The molecule has 0 spiro atoms. The lowest BCUT2D eigenvalue weighted by Crippen LogP contribution is -2.06. The zero-order valence-corrected chi connectivity index (χ0v) is 10.3. The standard InChI is InChI=1S/C13H18O4/c1-3-7-17-13(14)12-6-4-5-11(8-12)9-16-10-15-2/h4-6,8H,3,7,9-10H2,1-2H3. The number of esters is 1. The lowest BCUT2D eigenvalue weighted by molar-refractivity contribution is -0.0390. The molecule has 1 aromatic rings. The van der Waals surface area contributed by atoms with Crippen molar-refractivity contribution in [2.75, 3.05) is 20.5 Å². The van der Waals surface area contributed by atoms with Gasteiger partial charge in [0, 0.05) is 7.11 Å². The van der Waals surface area contributed by atoms with E-state index in [1.54, 1.807) is 19.2 Å². The van der Waals surface area contributed by atoms with E-state index in [-0.39, 0.29) is 12.8 Å². The topological polar surface area (TPSA) is 44.8 Å². The minimum absolute atomic E-state index is 0.241. The zero-order valence-electron chi connectivity index (χ0n) is 10.3. The average Bonchev–Trinajstić information content (AvgIpc) is 2.36. The summed E-state index contributed by atoms with van der Waals surface area (Å²) in [6.07, 6.45) is 0.822. The van der Waals surface area contributed by atoms with Gasteiger partial charge in [0.25, 0.3) is 0 Å². The third-order valence-electron chi connectivity index (χ3n) is 2.07. The number of carbonyl (C=O) groups is 1. The molecule has 0 bridgehead atoms. The number of rotatable bonds is 7. The molecule has 0 N–H and O–H groups in total. The van der Waals surface area contributed by atoms with E-state index in [1.165, 1.54) is 0 Å². The number of hydrogen-bond acceptors (Lipinski definition) is 4. The van der Waals surface area contributed by atoms with E-state index in [0.717, 1.165) is 12.0 Å². The summed E-state index contributed by atoms with van der Waals surface area (Å²) in [7, 11) is 1.57. The molecule has 0 aliphatic rings. The number of hydrogen-bond donors (Lipinski definition) is 0. The monoisotopic (exact) mass is 238 g/mol. The van der Waals surface area contributed by atoms with Crippen LogP contribution in [0.2, 0.25) is 0 Å².